The van der Waals surface area contributed by atoms with E-state index in [4.69, 9.17) is 0 Å². The Bertz CT molecular complexity index is 756. The van der Waals surface area contributed by atoms with E-state index in [-0.39, 0.29) is 0 Å². The fourth-order valence-electron chi connectivity index (χ4n) is 2.87. The lowest BCUT2D eigenvalue weighted by molar-refractivity contribution is 0.610. The molecule has 0 spiro atoms. The second kappa shape index (κ2) is 5.20. The second-order valence-corrected chi connectivity index (χ2v) is 5.46. The third-order valence-corrected chi connectivity index (χ3v) is 4.02. The van der Waals surface area contributed by atoms with Crippen LogP contribution in [0.25, 0.3) is 11.0 Å². The van der Waals surface area contributed by atoms with Crippen LogP contribution in [0.1, 0.15) is 30.9 Å². The molecule has 0 aromatic carbocycles. The van der Waals surface area contributed by atoms with Crippen molar-refractivity contribution in [1.82, 2.24) is 24.7 Å². The van der Waals surface area contributed by atoms with Gasteiger partial charge >= 0.3 is 0 Å². The Kier molecular flexibility index (Phi) is 3.06. The number of fused-ring (bicyclic) bond motifs is 2. The maximum absolute atomic E-state index is 4.54. The fourth-order valence-corrected chi connectivity index (χ4v) is 2.87. The first-order valence-electron chi connectivity index (χ1n) is 7.49. The molecule has 0 atom stereocenters. The molecule has 108 valence electrons. The van der Waals surface area contributed by atoms with Gasteiger partial charge in [0.15, 0.2) is 5.82 Å². The van der Waals surface area contributed by atoms with Gasteiger partial charge in [-0.15, -0.1) is 10.2 Å². The van der Waals surface area contributed by atoms with Crippen molar-refractivity contribution in [2.75, 3.05) is 5.32 Å². The molecule has 4 rings (SSSR count). The highest BCUT2D eigenvalue weighted by Crippen LogP contribution is 2.16. The topological polar surface area (TPSA) is 71.4 Å². The quantitative estimate of drug-likeness (QED) is 0.774. The fraction of sp³-hybridized carbons (Fsp3) is 0.400. The molecular formula is C15H18N6. The van der Waals surface area contributed by atoms with Crippen LogP contribution < -0.4 is 5.32 Å². The number of nitrogens with zero attached hydrogens (tertiary/aromatic N) is 4. The molecule has 6 nitrogen and oxygen atoms in total. The van der Waals surface area contributed by atoms with E-state index in [0.29, 0.717) is 6.54 Å². The van der Waals surface area contributed by atoms with E-state index < -0.39 is 0 Å². The smallest absolute Gasteiger partial charge is 0.152 e. The average Bonchev–Trinajstić information content (AvgIpc) is 3.05. The maximum Gasteiger partial charge on any atom is 0.152 e. The summed E-state index contributed by atoms with van der Waals surface area (Å²) >= 11 is 0. The third-order valence-electron chi connectivity index (χ3n) is 4.02. The lowest BCUT2D eigenvalue weighted by atomic mass is 10.2. The second-order valence-electron chi connectivity index (χ2n) is 5.46. The lowest BCUT2D eigenvalue weighted by Crippen LogP contribution is -2.10. The summed E-state index contributed by atoms with van der Waals surface area (Å²) in [4.78, 5) is 7.67. The van der Waals surface area contributed by atoms with Gasteiger partial charge in [0.2, 0.25) is 0 Å². The van der Waals surface area contributed by atoms with Gasteiger partial charge in [-0.3, -0.25) is 0 Å². The summed E-state index contributed by atoms with van der Waals surface area (Å²) in [5, 5.41) is 13.1. The number of hydrogen-bond donors (Lipinski definition) is 2. The van der Waals surface area contributed by atoms with Crippen molar-refractivity contribution in [2.24, 2.45) is 0 Å². The van der Waals surface area contributed by atoms with E-state index in [0.717, 1.165) is 41.5 Å². The zero-order valence-electron chi connectivity index (χ0n) is 11.8. The Morgan fingerprint density at radius 1 is 1.14 bits per heavy atom. The van der Waals surface area contributed by atoms with Gasteiger partial charge in [-0.1, -0.05) is 6.42 Å². The number of hydrogen-bond acceptors (Lipinski definition) is 4. The summed E-state index contributed by atoms with van der Waals surface area (Å²) in [6.07, 6.45) is 6.65. The molecule has 0 bridgehead atoms. The van der Waals surface area contributed by atoms with Crippen molar-refractivity contribution in [1.29, 1.82) is 0 Å². The third kappa shape index (κ3) is 2.37. The molecule has 3 aromatic rings. The number of rotatable bonds is 3. The number of aromatic nitrogens is 5. The van der Waals surface area contributed by atoms with Crippen LogP contribution >= 0.6 is 0 Å². The van der Waals surface area contributed by atoms with Gasteiger partial charge in [0.05, 0.1) is 6.54 Å². The van der Waals surface area contributed by atoms with Gasteiger partial charge in [-0.05, 0) is 31.0 Å². The number of H-pyrrole nitrogens is 1. The average molecular weight is 282 g/mol. The molecule has 6 heteroatoms. The molecule has 21 heavy (non-hydrogen) atoms. The van der Waals surface area contributed by atoms with Crippen LogP contribution in [0.15, 0.2) is 24.4 Å². The minimum absolute atomic E-state index is 0.659. The maximum atomic E-state index is 4.54. The Hall–Kier alpha value is -2.37. The Morgan fingerprint density at radius 2 is 2.14 bits per heavy atom. The number of pyridine rings is 1. The molecular weight excluding hydrogens is 264 g/mol. The molecule has 0 fully saturated rings. The molecule has 3 aromatic heterocycles. The molecule has 0 saturated carbocycles. The molecule has 0 unspecified atom stereocenters. The largest absolute Gasteiger partial charge is 0.363 e. The molecule has 0 aliphatic carbocycles. The van der Waals surface area contributed by atoms with E-state index in [2.05, 4.69) is 36.1 Å². The van der Waals surface area contributed by atoms with Crippen LogP contribution in [0.4, 0.5) is 5.82 Å². The number of aryl methyl sites for hydroxylation is 1. The highest BCUT2D eigenvalue weighted by atomic mass is 15.3. The van der Waals surface area contributed by atoms with E-state index in [1.54, 1.807) is 0 Å². The Balaban J connectivity index is 1.52. The molecule has 0 radical (unpaired) electrons. The van der Waals surface area contributed by atoms with Crippen molar-refractivity contribution in [3.8, 4) is 0 Å². The molecule has 0 amide bonds. The molecule has 1 aliphatic rings. The first-order chi connectivity index (χ1) is 10.4. The van der Waals surface area contributed by atoms with Gasteiger partial charge < -0.3 is 14.9 Å². The first-order valence-corrected chi connectivity index (χ1v) is 7.49. The van der Waals surface area contributed by atoms with Crippen LogP contribution in [-0.2, 0) is 19.5 Å². The lowest BCUT2D eigenvalue weighted by Gasteiger charge is -2.08. The molecule has 1 aliphatic heterocycles. The van der Waals surface area contributed by atoms with E-state index >= 15 is 0 Å². The van der Waals surface area contributed by atoms with Gasteiger partial charge in [0.1, 0.15) is 17.3 Å². The molecule has 2 N–H and O–H groups in total. The predicted octanol–water partition coefficient (Wildman–Crippen LogP) is 2.49. The number of aromatic amines is 1. The van der Waals surface area contributed by atoms with E-state index in [1.165, 1.54) is 19.3 Å². The zero-order chi connectivity index (χ0) is 14.1. The van der Waals surface area contributed by atoms with E-state index in [9.17, 15) is 0 Å². The van der Waals surface area contributed by atoms with E-state index in [1.807, 2.05) is 18.3 Å². The van der Waals surface area contributed by atoms with Gasteiger partial charge in [0, 0.05) is 24.5 Å². The van der Waals surface area contributed by atoms with Crippen LogP contribution in [0.5, 0.6) is 0 Å². The van der Waals surface area contributed by atoms with Crippen LogP contribution in [0.2, 0.25) is 0 Å². The van der Waals surface area contributed by atoms with Crippen LogP contribution in [0.3, 0.4) is 0 Å². The summed E-state index contributed by atoms with van der Waals surface area (Å²) in [6, 6.07) is 6.08. The minimum atomic E-state index is 0.659. The highest BCUT2D eigenvalue weighted by Gasteiger charge is 2.14. The van der Waals surface area contributed by atoms with Crippen LogP contribution in [-0.4, -0.2) is 24.7 Å². The van der Waals surface area contributed by atoms with Gasteiger partial charge in [-0.25, -0.2) is 4.98 Å². The Morgan fingerprint density at radius 3 is 3.14 bits per heavy atom. The number of nitrogens with one attached hydrogen (secondary N) is 2. The van der Waals surface area contributed by atoms with Crippen LogP contribution in [0, 0.1) is 0 Å². The Labute approximate surface area is 122 Å². The first kappa shape index (κ1) is 12.4. The predicted molar refractivity (Wildman–Crippen MR) is 81.0 cm³/mol. The normalized spacial score (nSPS) is 14.9. The summed E-state index contributed by atoms with van der Waals surface area (Å²) in [6.45, 7) is 1.69. The highest BCUT2D eigenvalue weighted by molar-refractivity contribution is 5.77. The van der Waals surface area contributed by atoms with Crippen molar-refractivity contribution < 1.29 is 0 Å². The molecule has 0 saturated heterocycles. The summed E-state index contributed by atoms with van der Waals surface area (Å²) < 4.78 is 2.26. The van der Waals surface area contributed by atoms with Crippen molar-refractivity contribution in [3.63, 3.8) is 0 Å². The standard InChI is InChI=1S/C15H18N6/c1-2-4-13-19-20-14(21(13)9-3-1)10-17-12-6-5-11-7-8-16-15(11)18-12/h5-8H,1-4,9-10H2,(H2,16,17,18). The summed E-state index contributed by atoms with van der Waals surface area (Å²) in [7, 11) is 0. The zero-order valence-corrected chi connectivity index (χ0v) is 11.8. The van der Waals surface area contributed by atoms with Crippen molar-refractivity contribution in [2.45, 2.75) is 38.8 Å². The number of anilines is 1. The van der Waals surface area contributed by atoms with Crippen molar-refractivity contribution in [3.05, 3.63) is 36.0 Å². The molecule has 4 heterocycles. The SMILES string of the molecule is c1cc2ccc(NCc3nnc4n3CCCCC4)nc2[nH]1. The monoisotopic (exact) mass is 282 g/mol. The minimum Gasteiger partial charge on any atom is -0.363 e. The van der Waals surface area contributed by atoms with Gasteiger partial charge in [0.25, 0.3) is 0 Å². The summed E-state index contributed by atoms with van der Waals surface area (Å²) in [5.41, 5.74) is 0.903. The van der Waals surface area contributed by atoms with Crippen molar-refractivity contribution >= 4 is 16.9 Å². The summed E-state index contributed by atoms with van der Waals surface area (Å²) in [5.74, 6) is 2.98. The van der Waals surface area contributed by atoms with Gasteiger partial charge in [-0.2, -0.15) is 0 Å².